The zero-order valence-corrected chi connectivity index (χ0v) is 17.0. The summed E-state index contributed by atoms with van der Waals surface area (Å²) in [6.45, 7) is 2.28. The minimum atomic E-state index is -3.76. The molecular weight excluding hydrogens is 390 g/mol. The van der Waals surface area contributed by atoms with Gasteiger partial charge in [-0.05, 0) is 42.3 Å². The van der Waals surface area contributed by atoms with Gasteiger partial charge in [-0.15, -0.1) is 0 Å². The molecule has 0 bridgehead atoms. The van der Waals surface area contributed by atoms with Crippen molar-refractivity contribution in [1.82, 2.24) is 4.31 Å². The van der Waals surface area contributed by atoms with E-state index in [0.717, 1.165) is 16.3 Å². The van der Waals surface area contributed by atoms with Crippen LogP contribution in [0, 0.1) is 0 Å². The number of hydrogen-bond donors (Lipinski definition) is 0. The number of halogens is 1. The van der Waals surface area contributed by atoms with Crippen molar-refractivity contribution >= 4 is 27.6 Å². The lowest BCUT2D eigenvalue weighted by Gasteiger charge is -2.14. The van der Waals surface area contributed by atoms with Gasteiger partial charge in [0, 0.05) is 14.1 Å². The van der Waals surface area contributed by atoms with Crippen molar-refractivity contribution < 1.29 is 22.7 Å². The summed E-state index contributed by atoms with van der Waals surface area (Å²) in [7, 11) is -0.982. The van der Waals surface area contributed by atoms with Gasteiger partial charge in [0.2, 0.25) is 10.0 Å². The summed E-state index contributed by atoms with van der Waals surface area (Å²) in [5.74, 6) is 0.0593. The third-order valence-electron chi connectivity index (χ3n) is 3.82. The summed E-state index contributed by atoms with van der Waals surface area (Å²) in [6.07, 6.45) is 0.904. The number of carbonyl (C=O) groups excluding carboxylic acids is 1. The van der Waals surface area contributed by atoms with Crippen molar-refractivity contribution in [3.8, 4) is 5.75 Å². The van der Waals surface area contributed by atoms with Crippen molar-refractivity contribution in [2.75, 3.05) is 27.3 Å². The molecule has 0 heterocycles. The van der Waals surface area contributed by atoms with Crippen molar-refractivity contribution in [2.24, 2.45) is 0 Å². The standard InChI is InChI=1S/C19H22ClNO5S/c1-4-14-6-5-7-16(12-14)25-10-11-26-19(22)15-8-9-17(20)18(13-15)27(23,24)21(2)3/h5-9,12-13H,4,10-11H2,1-3H3. The molecular formula is C19H22ClNO5S. The fraction of sp³-hybridized carbons (Fsp3) is 0.316. The molecule has 0 amide bonds. The van der Waals surface area contributed by atoms with Crippen LogP contribution in [0.15, 0.2) is 47.4 Å². The van der Waals surface area contributed by atoms with Gasteiger partial charge in [0.15, 0.2) is 0 Å². The Labute approximate surface area is 164 Å². The van der Waals surface area contributed by atoms with E-state index in [-0.39, 0.29) is 28.7 Å². The Balaban J connectivity index is 1.98. The molecule has 0 atom stereocenters. The molecule has 0 aliphatic heterocycles. The summed E-state index contributed by atoms with van der Waals surface area (Å²) < 4.78 is 36.3. The van der Waals surface area contributed by atoms with E-state index in [1.165, 1.54) is 32.3 Å². The molecule has 0 saturated carbocycles. The Bertz CT molecular complexity index is 912. The zero-order valence-electron chi connectivity index (χ0n) is 15.4. The van der Waals surface area contributed by atoms with E-state index in [1.54, 1.807) is 0 Å². The molecule has 2 aromatic carbocycles. The lowest BCUT2D eigenvalue weighted by molar-refractivity contribution is 0.0450. The Morgan fingerprint density at radius 1 is 1.11 bits per heavy atom. The summed E-state index contributed by atoms with van der Waals surface area (Å²) in [6, 6.07) is 11.7. The smallest absolute Gasteiger partial charge is 0.338 e. The predicted molar refractivity (Wildman–Crippen MR) is 104 cm³/mol. The van der Waals surface area contributed by atoms with Gasteiger partial charge in [0.1, 0.15) is 23.9 Å². The Morgan fingerprint density at radius 2 is 1.85 bits per heavy atom. The van der Waals surface area contributed by atoms with Gasteiger partial charge >= 0.3 is 5.97 Å². The van der Waals surface area contributed by atoms with Crippen LogP contribution in [0.4, 0.5) is 0 Å². The van der Waals surface area contributed by atoms with Gasteiger partial charge in [-0.1, -0.05) is 30.7 Å². The van der Waals surface area contributed by atoms with Crippen LogP contribution in [0.2, 0.25) is 5.02 Å². The van der Waals surface area contributed by atoms with Crippen LogP contribution in [0.1, 0.15) is 22.8 Å². The second-order valence-corrected chi connectivity index (χ2v) is 8.45. The van der Waals surface area contributed by atoms with Crippen molar-refractivity contribution in [3.05, 3.63) is 58.6 Å². The third-order valence-corrected chi connectivity index (χ3v) is 6.11. The maximum atomic E-state index is 12.3. The molecule has 0 spiro atoms. The highest BCUT2D eigenvalue weighted by Gasteiger charge is 2.22. The highest BCUT2D eigenvalue weighted by Crippen LogP contribution is 2.25. The molecule has 0 aliphatic rings. The van der Waals surface area contributed by atoms with Crippen molar-refractivity contribution in [1.29, 1.82) is 0 Å². The normalized spacial score (nSPS) is 11.4. The quantitative estimate of drug-likeness (QED) is 0.491. The second kappa shape index (κ2) is 9.21. The molecule has 0 aliphatic carbocycles. The van der Waals surface area contributed by atoms with Gasteiger partial charge in [0.25, 0.3) is 0 Å². The molecule has 6 nitrogen and oxygen atoms in total. The average Bonchev–Trinajstić information content (AvgIpc) is 2.65. The van der Waals surface area contributed by atoms with E-state index < -0.39 is 16.0 Å². The topological polar surface area (TPSA) is 72.9 Å². The summed E-state index contributed by atoms with van der Waals surface area (Å²) in [5, 5.41) is 0.0411. The lowest BCUT2D eigenvalue weighted by atomic mass is 10.2. The summed E-state index contributed by atoms with van der Waals surface area (Å²) in [5.41, 5.74) is 1.26. The molecule has 0 saturated heterocycles. The van der Waals surface area contributed by atoms with E-state index in [2.05, 4.69) is 6.92 Å². The average molecular weight is 412 g/mol. The molecule has 2 rings (SSSR count). The highest BCUT2D eigenvalue weighted by atomic mass is 35.5. The fourth-order valence-electron chi connectivity index (χ4n) is 2.26. The van der Waals surface area contributed by atoms with Gasteiger partial charge < -0.3 is 9.47 Å². The minimum absolute atomic E-state index is 0.0353. The summed E-state index contributed by atoms with van der Waals surface area (Å²) in [4.78, 5) is 12.0. The van der Waals surface area contributed by atoms with Crippen LogP contribution in [0.5, 0.6) is 5.75 Å². The predicted octanol–water partition coefficient (Wildman–Crippen LogP) is 3.39. The monoisotopic (exact) mass is 411 g/mol. The molecule has 0 aromatic heterocycles. The van der Waals surface area contributed by atoms with Crippen LogP contribution in [-0.2, 0) is 21.2 Å². The number of sulfonamides is 1. The zero-order chi connectivity index (χ0) is 20.0. The largest absolute Gasteiger partial charge is 0.490 e. The molecule has 0 N–H and O–H groups in total. The van der Waals surface area contributed by atoms with Crippen LogP contribution >= 0.6 is 11.6 Å². The van der Waals surface area contributed by atoms with E-state index >= 15 is 0 Å². The van der Waals surface area contributed by atoms with E-state index in [0.29, 0.717) is 5.75 Å². The maximum absolute atomic E-state index is 12.3. The number of ether oxygens (including phenoxy) is 2. The van der Waals surface area contributed by atoms with E-state index in [4.69, 9.17) is 21.1 Å². The molecule has 146 valence electrons. The number of carbonyl (C=O) groups is 1. The minimum Gasteiger partial charge on any atom is -0.490 e. The van der Waals surface area contributed by atoms with Crippen molar-refractivity contribution in [3.63, 3.8) is 0 Å². The van der Waals surface area contributed by atoms with E-state index in [9.17, 15) is 13.2 Å². The molecule has 27 heavy (non-hydrogen) atoms. The maximum Gasteiger partial charge on any atom is 0.338 e. The van der Waals surface area contributed by atoms with E-state index in [1.807, 2.05) is 24.3 Å². The first-order chi connectivity index (χ1) is 12.8. The number of esters is 1. The number of hydrogen-bond acceptors (Lipinski definition) is 5. The van der Waals surface area contributed by atoms with Gasteiger partial charge in [0.05, 0.1) is 10.6 Å². The Hall–Kier alpha value is -2.09. The highest BCUT2D eigenvalue weighted by molar-refractivity contribution is 7.89. The van der Waals surface area contributed by atoms with Crippen LogP contribution < -0.4 is 4.74 Å². The molecule has 0 fully saturated rings. The first-order valence-electron chi connectivity index (χ1n) is 8.36. The van der Waals surface area contributed by atoms with Crippen LogP contribution in [0.25, 0.3) is 0 Å². The molecule has 8 heteroatoms. The van der Waals surface area contributed by atoms with Gasteiger partial charge in [-0.3, -0.25) is 0 Å². The van der Waals surface area contributed by atoms with Crippen LogP contribution in [0.3, 0.4) is 0 Å². The van der Waals surface area contributed by atoms with Crippen LogP contribution in [-0.4, -0.2) is 46.0 Å². The molecule has 2 aromatic rings. The second-order valence-electron chi connectivity index (χ2n) is 5.92. The third kappa shape index (κ3) is 5.45. The summed E-state index contributed by atoms with van der Waals surface area (Å²) >= 11 is 5.97. The van der Waals surface area contributed by atoms with Gasteiger partial charge in [-0.2, -0.15) is 0 Å². The Kier molecular flexibility index (Phi) is 7.24. The fourth-order valence-corrected chi connectivity index (χ4v) is 3.65. The number of rotatable bonds is 8. The SMILES string of the molecule is CCc1cccc(OCCOC(=O)c2ccc(Cl)c(S(=O)(=O)N(C)C)c2)c1. The first-order valence-corrected chi connectivity index (χ1v) is 10.2. The number of benzene rings is 2. The Morgan fingerprint density at radius 3 is 2.52 bits per heavy atom. The number of aryl methyl sites for hydroxylation is 1. The van der Waals surface area contributed by atoms with Gasteiger partial charge in [-0.25, -0.2) is 17.5 Å². The molecule has 0 unspecified atom stereocenters. The molecule has 0 radical (unpaired) electrons. The first kappa shape index (κ1) is 21.2. The van der Waals surface area contributed by atoms with Crippen molar-refractivity contribution in [2.45, 2.75) is 18.2 Å². The number of nitrogens with zero attached hydrogens (tertiary/aromatic N) is 1. The lowest BCUT2D eigenvalue weighted by Crippen LogP contribution is -2.23.